The van der Waals surface area contributed by atoms with Crippen LogP contribution in [-0.4, -0.2) is 67.2 Å². The van der Waals surface area contributed by atoms with Gasteiger partial charge >= 0.3 is 0 Å². The van der Waals surface area contributed by atoms with Crippen molar-refractivity contribution in [3.63, 3.8) is 0 Å². The van der Waals surface area contributed by atoms with Gasteiger partial charge in [0.1, 0.15) is 0 Å². The van der Waals surface area contributed by atoms with Crippen molar-refractivity contribution in [1.82, 2.24) is 9.80 Å². The molecule has 5 nitrogen and oxygen atoms in total. The van der Waals surface area contributed by atoms with E-state index >= 15 is 0 Å². The van der Waals surface area contributed by atoms with Crippen LogP contribution in [0.3, 0.4) is 0 Å². The van der Waals surface area contributed by atoms with Crippen LogP contribution in [0.4, 0.5) is 0 Å². The second kappa shape index (κ2) is 10.6. The monoisotopic (exact) mass is 341 g/mol. The number of nitrogens with two attached hydrogens (primary N) is 1. The number of likely N-dealkylation sites (tertiary alicyclic amines) is 1. The fourth-order valence-corrected chi connectivity index (χ4v) is 2.95. The molecule has 2 aliphatic heterocycles. The van der Waals surface area contributed by atoms with Crippen LogP contribution >= 0.6 is 24.8 Å². The molecule has 7 heteroatoms. The largest absolute Gasteiger partial charge is 0.379 e. The molecule has 0 aliphatic carbocycles. The first-order valence-electron chi connectivity index (χ1n) is 7.58. The lowest BCUT2D eigenvalue weighted by Crippen LogP contribution is -2.55. The van der Waals surface area contributed by atoms with Crippen LogP contribution in [0.15, 0.2) is 0 Å². The van der Waals surface area contributed by atoms with Gasteiger partial charge in [0.05, 0.1) is 19.3 Å². The predicted molar refractivity (Wildman–Crippen MR) is 89.4 cm³/mol. The first-order valence-corrected chi connectivity index (χ1v) is 7.58. The van der Waals surface area contributed by atoms with Crippen LogP contribution < -0.4 is 5.73 Å². The van der Waals surface area contributed by atoms with Gasteiger partial charge in [0.25, 0.3) is 0 Å². The topological polar surface area (TPSA) is 58.8 Å². The standard InChI is InChI=1S/C14H27N3O2.2ClH/c1-2-13(15)14(18)17-6-4-3-5-12(17)11-16-7-9-19-10-8-16;;/h12-13H,2-11,15H2,1H3;2*1H/t12?,13-;;/m0../s1. The number of halogens is 2. The van der Waals surface area contributed by atoms with Gasteiger partial charge in [-0.25, -0.2) is 0 Å². The van der Waals surface area contributed by atoms with Crippen LogP contribution in [-0.2, 0) is 9.53 Å². The normalized spacial score (nSPS) is 24.7. The van der Waals surface area contributed by atoms with E-state index in [0.717, 1.165) is 58.7 Å². The van der Waals surface area contributed by atoms with E-state index in [2.05, 4.69) is 4.90 Å². The van der Waals surface area contributed by atoms with Crippen molar-refractivity contribution in [3.05, 3.63) is 0 Å². The van der Waals surface area contributed by atoms with Crippen molar-refractivity contribution in [1.29, 1.82) is 0 Å². The molecule has 21 heavy (non-hydrogen) atoms. The Hall–Kier alpha value is -0.0700. The highest BCUT2D eigenvalue weighted by molar-refractivity contribution is 5.85. The number of hydrogen-bond donors (Lipinski definition) is 1. The Labute approximate surface area is 140 Å². The Morgan fingerprint density at radius 1 is 1.24 bits per heavy atom. The number of hydrogen-bond acceptors (Lipinski definition) is 4. The van der Waals surface area contributed by atoms with Crippen LogP contribution in [0.5, 0.6) is 0 Å². The molecule has 2 rings (SSSR count). The van der Waals surface area contributed by atoms with Crippen molar-refractivity contribution in [3.8, 4) is 0 Å². The van der Waals surface area contributed by atoms with Crippen LogP contribution in [0.1, 0.15) is 32.6 Å². The molecule has 0 aromatic heterocycles. The van der Waals surface area contributed by atoms with Crippen molar-refractivity contribution in [2.75, 3.05) is 39.4 Å². The average Bonchev–Trinajstić information content (AvgIpc) is 2.47. The molecule has 0 saturated carbocycles. The third kappa shape index (κ3) is 5.91. The SMILES string of the molecule is CC[C@H](N)C(=O)N1CCCCC1CN1CCOCC1.Cl.Cl. The Morgan fingerprint density at radius 2 is 1.90 bits per heavy atom. The number of morpholine rings is 1. The lowest BCUT2D eigenvalue weighted by atomic mass is 10.00. The molecule has 2 aliphatic rings. The highest BCUT2D eigenvalue weighted by Gasteiger charge is 2.30. The maximum Gasteiger partial charge on any atom is 0.239 e. The summed E-state index contributed by atoms with van der Waals surface area (Å²) in [7, 11) is 0. The molecule has 126 valence electrons. The molecule has 0 spiro atoms. The van der Waals surface area contributed by atoms with Crippen LogP contribution in [0.25, 0.3) is 0 Å². The van der Waals surface area contributed by atoms with Gasteiger partial charge in [-0.05, 0) is 25.7 Å². The van der Waals surface area contributed by atoms with E-state index in [1.807, 2.05) is 11.8 Å². The van der Waals surface area contributed by atoms with Crippen LogP contribution in [0, 0.1) is 0 Å². The summed E-state index contributed by atoms with van der Waals surface area (Å²) in [4.78, 5) is 16.8. The molecular weight excluding hydrogens is 313 g/mol. The molecule has 2 fully saturated rings. The van der Waals surface area contributed by atoms with Crippen molar-refractivity contribution < 1.29 is 9.53 Å². The zero-order valence-electron chi connectivity index (χ0n) is 12.8. The van der Waals surface area contributed by atoms with Gasteiger partial charge in [0, 0.05) is 32.2 Å². The summed E-state index contributed by atoms with van der Waals surface area (Å²) < 4.78 is 5.38. The molecule has 0 aromatic rings. The number of rotatable bonds is 4. The summed E-state index contributed by atoms with van der Waals surface area (Å²) in [5, 5.41) is 0. The highest BCUT2D eigenvalue weighted by Crippen LogP contribution is 2.19. The molecule has 1 amide bonds. The number of carbonyl (C=O) groups is 1. The lowest BCUT2D eigenvalue weighted by molar-refractivity contribution is -0.137. The number of ether oxygens (including phenoxy) is 1. The predicted octanol–water partition coefficient (Wildman–Crippen LogP) is 1.28. The zero-order chi connectivity index (χ0) is 13.7. The van der Waals surface area contributed by atoms with Crippen molar-refractivity contribution >= 4 is 30.7 Å². The minimum absolute atomic E-state index is 0. The molecule has 1 unspecified atom stereocenters. The Balaban J connectivity index is 0.00000200. The third-order valence-corrected chi connectivity index (χ3v) is 4.24. The number of nitrogens with zero attached hydrogens (tertiary/aromatic N) is 2. The van der Waals surface area contributed by atoms with Crippen molar-refractivity contribution in [2.24, 2.45) is 5.73 Å². The van der Waals surface area contributed by atoms with Gasteiger partial charge in [-0.2, -0.15) is 0 Å². The fraction of sp³-hybridized carbons (Fsp3) is 0.929. The number of piperidine rings is 1. The molecule has 0 radical (unpaired) electrons. The van der Waals surface area contributed by atoms with E-state index in [1.165, 1.54) is 6.42 Å². The van der Waals surface area contributed by atoms with E-state index in [0.29, 0.717) is 6.04 Å². The molecule has 2 atom stereocenters. The summed E-state index contributed by atoms with van der Waals surface area (Å²) in [6.45, 7) is 7.43. The Bertz CT molecular complexity index is 302. The molecule has 2 N–H and O–H groups in total. The molecule has 2 saturated heterocycles. The van der Waals surface area contributed by atoms with E-state index < -0.39 is 0 Å². The van der Waals surface area contributed by atoms with Crippen LogP contribution in [0.2, 0.25) is 0 Å². The molecule has 0 aromatic carbocycles. The summed E-state index contributed by atoms with van der Waals surface area (Å²) in [6, 6.07) is 0.0160. The summed E-state index contributed by atoms with van der Waals surface area (Å²) in [5.74, 6) is 0.139. The van der Waals surface area contributed by atoms with Gasteiger partial charge < -0.3 is 15.4 Å². The smallest absolute Gasteiger partial charge is 0.239 e. The lowest BCUT2D eigenvalue weighted by Gasteiger charge is -2.40. The number of amides is 1. The van der Waals surface area contributed by atoms with Gasteiger partial charge in [-0.3, -0.25) is 9.69 Å². The van der Waals surface area contributed by atoms with Gasteiger partial charge in [0.2, 0.25) is 5.91 Å². The minimum Gasteiger partial charge on any atom is -0.379 e. The van der Waals surface area contributed by atoms with Gasteiger partial charge in [0.15, 0.2) is 0 Å². The zero-order valence-corrected chi connectivity index (χ0v) is 14.5. The maximum atomic E-state index is 12.3. The first kappa shape index (κ1) is 20.9. The fourth-order valence-electron chi connectivity index (χ4n) is 2.95. The Kier molecular flexibility index (Phi) is 10.6. The van der Waals surface area contributed by atoms with E-state index in [4.69, 9.17) is 10.5 Å². The second-order valence-corrected chi connectivity index (χ2v) is 5.61. The minimum atomic E-state index is -0.328. The molecule has 2 heterocycles. The maximum absolute atomic E-state index is 12.3. The average molecular weight is 342 g/mol. The van der Waals surface area contributed by atoms with Gasteiger partial charge in [-0.15, -0.1) is 24.8 Å². The first-order chi connectivity index (χ1) is 9.22. The third-order valence-electron chi connectivity index (χ3n) is 4.24. The second-order valence-electron chi connectivity index (χ2n) is 5.61. The van der Waals surface area contributed by atoms with Crippen molar-refractivity contribution in [2.45, 2.75) is 44.7 Å². The highest BCUT2D eigenvalue weighted by atomic mass is 35.5. The van der Waals surface area contributed by atoms with E-state index in [-0.39, 0.29) is 36.8 Å². The quantitative estimate of drug-likeness (QED) is 0.836. The summed E-state index contributed by atoms with van der Waals surface area (Å²) in [6.07, 6.45) is 4.17. The Morgan fingerprint density at radius 3 is 2.52 bits per heavy atom. The summed E-state index contributed by atoms with van der Waals surface area (Å²) >= 11 is 0. The van der Waals surface area contributed by atoms with Gasteiger partial charge in [-0.1, -0.05) is 6.92 Å². The summed E-state index contributed by atoms with van der Waals surface area (Å²) in [5.41, 5.74) is 5.92. The molecule has 0 bridgehead atoms. The van der Waals surface area contributed by atoms with E-state index in [9.17, 15) is 4.79 Å². The molecular formula is C14H29Cl2N3O2. The number of carbonyl (C=O) groups excluding carboxylic acids is 1. The van der Waals surface area contributed by atoms with E-state index in [1.54, 1.807) is 0 Å².